The minimum absolute atomic E-state index is 0.233. The zero-order chi connectivity index (χ0) is 26.3. The molecule has 11 nitrogen and oxygen atoms in total. The van der Waals surface area contributed by atoms with Gasteiger partial charge in [0.15, 0.2) is 21.5 Å². The zero-order valence-corrected chi connectivity index (χ0v) is 22.5. The highest BCUT2D eigenvalue weighted by molar-refractivity contribution is 7.91. The van der Waals surface area contributed by atoms with Crippen LogP contribution in [0.15, 0.2) is 36.8 Å². The smallest absolute Gasteiger partial charge is 0.183 e. The number of ether oxygens (including phenoxy) is 3. The Kier molecular flexibility index (Phi) is 9.85. The molecular weight excluding hydrogens is 508 g/mol. The van der Waals surface area contributed by atoms with Gasteiger partial charge >= 0.3 is 0 Å². The highest BCUT2D eigenvalue weighted by Crippen LogP contribution is 2.29. The quantitative estimate of drug-likeness (QED) is 0.320. The van der Waals surface area contributed by atoms with Crippen LogP contribution in [0.4, 0.5) is 0 Å². The number of sulfone groups is 1. The van der Waals surface area contributed by atoms with Crippen molar-refractivity contribution in [3.05, 3.63) is 53.5 Å². The van der Waals surface area contributed by atoms with E-state index < -0.39 is 26.9 Å². The molecule has 3 aromatic heterocycles. The predicted octanol–water partition coefficient (Wildman–Crippen LogP) is 3.09. The van der Waals surface area contributed by atoms with E-state index in [1.807, 2.05) is 19.9 Å². The number of aromatic nitrogens is 6. The van der Waals surface area contributed by atoms with Crippen molar-refractivity contribution in [1.29, 1.82) is 0 Å². The summed E-state index contributed by atoms with van der Waals surface area (Å²) in [5.41, 5.74) is 0.550. The monoisotopic (exact) mass is 538 g/mol. The molecule has 0 bridgehead atoms. The van der Waals surface area contributed by atoms with Gasteiger partial charge in [0, 0.05) is 32.8 Å². The summed E-state index contributed by atoms with van der Waals surface area (Å²) in [7, 11) is -0.712. The molecule has 3 rings (SSSR count). The lowest BCUT2D eigenvalue weighted by molar-refractivity contribution is 0.00142. The van der Waals surface area contributed by atoms with Crippen molar-refractivity contribution >= 4 is 21.4 Å². The van der Waals surface area contributed by atoms with Gasteiger partial charge in [-0.2, -0.15) is 0 Å². The molecular formula is C23H31ClN6O5S. The molecule has 0 spiro atoms. The summed E-state index contributed by atoms with van der Waals surface area (Å²) >= 11 is 5.92. The molecule has 0 aliphatic rings. The van der Waals surface area contributed by atoms with Gasteiger partial charge in [-0.05, 0) is 32.9 Å². The van der Waals surface area contributed by atoms with Crippen LogP contribution in [-0.4, -0.2) is 76.9 Å². The molecule has 0 aliphatic heterocycles. The van der Waals surface area contributed by atoms with Gasteiger partial charge in [0.2, 0.25) is 0 Å². The van der Waals surface area contributed by atoms with Crippen molar-refractivity contribution in [3.8, 4) is 11.5 Å². The number of hydrogen-bond acceptors (Lipinski definition) is 10. The second-order valence-corrected chi connectivity index (χ2v) is 11.3. The summed E-state index contributed by atoms with van der Waals surface area (Å²) in [6.45, 7) is 5.72. The fourth-order valence-electron chi connectivity index (χ4n) is 3.70. The van der Waals surface area contributed by atoms with E-state index in [9.17, 15) is 8.42 Å². The molecule has 3 heterocycles. The molecule has 0 saturated carbocycles. The Labute approximate surface area is 216 Å². The highest BCUT2D eigenvalue weighted by atomic mass is 35.5. The molecule has 0 N–H and O–H groups in total. The van der Waals surface area contributed by atoms with Crippen LogP contribution in [0.2, 0.25) is 5.02 Å². The van der Waals surface area contributed by atoms with Crippen LogP contribution < -0.4 is 0 Å². The molecule has 36 heavy (non-hydrogen) atoms. The van der Waals surface area contributed by atoms with Crippen LogP contribution in [0.25, 0.3) is 11.5 Å². The second kappa shape index (κ2) is 12.6. The number of methoxy groups -OCH3 is 2. The third-order valence-corrected chi connectivity index (χ3v) is 7.62. The van der Waals surface area contributed by atoms with Crippen molar-refractivity contribution in [3.63, 3.8) is 0 Å². The van der Waals surface area contributed by atoms with E-state index in [4.69, 9.17) is 25.8 Å². The summed E-state index contributed by atoms with van der Waals surface area (Å²) in [5, 5.41) is 7.87. The molecule has 3 aromatic rings. The Morgan fingerprint density at radius 1 is 1.00 bits per heavy atom. The third kappa shape index (κ3) is 6.83. The van der Waals surface area contributed by atoms with E-state index >= 15 is 0 Å². The summed E-state index contributed by atoms with van der Waals surface area (Å²) in [5.74, 6) is 0.491. The third-order valence-electron chi connectivity index (χ3n) is 5.38. The Hall–Kier alpha value is -2.51. The number of halogens is 1. The lowest BCUT2D eigenvalue weighted by Crippen LogP contribution is -2.32. The highest BCUT2D eigenvalue weighted by Gasteiger charge is 2.36. The first-order chi connectivity index (χ1) is 17.2. The molecule has 0 aliphatic carbocycles. The predicted molar refractivity (Wildman–Crippen MR) is 134 cm³/mol. The van der Waals surface area contributed by atoms with E-state index in [-0.39, 0.29) is 37.0 Å². The van der Waals surface area contributed by atoms with Crippen LogP contribution in [0.5, 0.6) is 0 Å². The molecule has 196 valence electrons. The van der Waals surface area contributed by atoms with E-state index in [1.54, 1.807) is 44.0 Å². The van der Waals surface area contributed by atoms with Gasteiger partial charge in [-0.25, -0.2) is 18.4 Å². The second-order valence-electron chi connectivity index (χ2n) is 8.47. The Bertz CT molecular complexity index is 1200. The van der Waals surface area contributed by atoms with E-state index in [0.717, 1.165) is 0 Å². The first-order valence-electron chi connectivity index (χ1n) is 11.4. The van der Waals surface area contributed by atoms with Gasteiger partial charge in [-0.15, -0.1) is 10.2 Å². The van der Waals surface area contributed by atoms with Crippen molar-refractivity contribution in [2.45, 2.75) is 50.0 Å². The molecule has 13 heteroatoms. The van der Waals surface area contributed by atoms with Gasteiger partial charge < -0.3 is 18.8 Å². The number of rotatable bonds is 13. The molecule has 0 saturated heterocycles. The fraction of sp³-hybridized carbons (Fsp3) is 0.522. The van der Waals surface area contributed by atoms with Crippen LogP contribution in [0.1, 0.15) is 44.6 Å². The molecule has 0 unspecified atom stereocenters. The summed E-state index contributed by atoms with van der Waals surface area (Å²) in [4.78, 5) is 12.8. The topological polar surface area (TPSA) is 131 Å². The van der Waals surface area contributed by atoms with Crippen LogP contribution in [0, 0.1) is 0 Å². The average Bonchev–Trinajstić information content (AvgIpc) is 3.25. The first-order valence-corrected chi connectivity index (χ1v) is 13.4. The Balaban J connectivity index is 2.02. The average molecular weight is 539 g/mol. The lowest BCUT2D eigenvalue weighted by Gasteiger charge is -2.26. The van der Waals surface area contributed by atoms with Gasteiger partial charge in [0.25, 0.3) is 0 Å². The standard InChI is InChI=1S/C23H31ClN6O5S/c1-15(2)35-21(22-26-10-17(24)11-27-22)16(3)36(31,32)14-20-28-29-23(19-8-6-7-9-25-19)30(20)18(12-33-4)13-34-5/h6-11,15-16,18,21H,12-14H2,1-5H3/t16-,21+/m0/s1. The van der Waals surface area contributed by atoms with E-state index in [0.29, 0.717) is 16.5 Å². The maximum atomic E-state index is 13.7. The Morgan fingerprint density at radius 3 is 2.22 bits per heavy atom. The lowest BCUT2D eigenvalue weighted by atomic mass is 10.2. The number of nitrogens with zero attached hydrogens (tertiary/aromatic N) is 6. The largest absolute Gasteiger partial charge is 0.382 e. The van der Waals surface area contributed by atoms with Gasteiger partial charge in [-0.1, -0.05) is 17.7 Å². The maximum Gasteiger partial charge on any atom is 0.183 e. The number of hydrogen-bond donors (Lipinski definition) is 0. The van der Waals surface area contributed by atoms with E-state index in [2.05, 4.69) is 25.1 Å². The van der Waals surface area contributed by atoms with E-state index in [1.165, 1.54) is 12.4 Å². The summed E-state index contributed by atoms with van der Waals surface area (Å²) < 4.78 is 45.8. The SMILES string of the molecule is COCC(COC)n1c(CS(=O)(=O)[C@@H](C)[C@@H](OC(C)C)c2ncc(Cl)cn2)nnc1-c1ccccn1. The molecule has 0 aromatic carbocycles. The van der Waals surface area contributed by atoms with Crippen LogP contribution >= 0.6 is 11.6 Å². The maximum absolute atomic E-state index is 13.7. The number of pyridine rings is 1. The fourth-order valence-corrected chi connectivity index (χ4v) is 5.18. The molecule has 0 amide bonds. The Morgan fingerprint density at radius 2 is 1.67 bits per heavy atom. The van der Waals surface area contributed by atoms with Gasteiger partial charge in [0.1, 0.15) is 23.4 Å². The van der Waals surface area contributed by atoms with Crippen molar-refractivity contribution < 1.29 is 22.6 Å². The normalized spacial score (nSPS) is 13.9. The summed E-state index contributed by atoms with van der Waals surface area (Å²) in [6, 6.07) is 5.01. The molecule has 0 radical (unpaired) electrons. The first kappa shape index (κ1) is 28.1. The van der Waals surface area contributed by atoms with Gasteiger partial charge in [0.05, 0.1) is 35.6 Å². The molecule has 2 atom stereocenters. The van der Waals surface area contributed by atoms with Crippen molar-refractivity contribution in [2.24, 2.45) is 0 Å². The van der Waals surface area contributed by atoms with Crippen molar-refractivity contribution in [1.82, 2.24) is 29.7 Å². The minimum atomic E-state index is -3.83. The molecule has 0 fully saturated rings. The van der Waals surface area contributed by atoms with Gasteiger partial charge in [-0.3, -0.25) is 4.98 Å². The van der Waals surface area contributed by atoms with Crippen LogP contribution in [-0.2, 0) is 29.8 Å². The van der Waals surface area contributed by atoms with Crippen LogP contribution in [0.3, 0.4) is 0 Å². The minimum Gasteiger partial charge on any atom is -0.382 e. The summed E-state index contributed by atoms with van der Waals surface area (Å²) in [6.07, 6.45) is 3.28. The van der Waals surface area contributed by atoms with Crippen molar-refractivity contribution in [2.75, 3.05) is 27.4 Å². The zero-order valence-electron chi connectivity index (χ0n) is 20.9.